The summed E-state index contributed by atoms with van der Waals surface area (Å²) in [6.45, 7) is 3.32. The second-order valence-corrected chi connectivity index (χ2v) is 6.29. The highest BCUT2D eigenvalue weighted by atomic mass is 16.2. The van der Waals surface area contributed by atoms with Gasteiger partial charge in [-0.1, -0.05) is 48.5 Å². The fraction of sp³-hybridized carbons (Fsp3) is 0.250. The van der Waals surface area contributed by atoms with E-state index in [1.54, 1.807) is 4.57 Å². The molecule has 2 heterocycles. The van der Waals surface area contributed by atoms with Crippen LogP contribution in [-0.2, 0) is 13.1 Å². The molecular formula is C20H20N4O2. The number of fused-ring (bicyclic) bond motifs is 1. The van der Waals surface area contributed by atoms with Crippen molar-refractivity contribution in [3.63, 3.8) is 0 Å². The maximum absolute atomic E-state index is 13.2. The van der Waals surface area contributed by atoms with Crippen LogP contribution >= 0.6 is 0 Å². The van der Waals surface area contributed by atoms with Gasteiger partial charge < -0.3 is 4.90 Å². The van der Waals surface area contributed by atoms with Crippen LogP contribution in [0.2, 0.25) is 0 Å². The number of rotatable bonds is 3. The largest absolute Gasteiger partial charge is 0.346 e. The molecule has 1 atom stereocenters. The molecule has 132 valence electrons. The van der Waals surface area contributed by atoms with Crippen molar-refractivity contribution in [1.29, 1.82) is 0 Å². The summed E-state index contributed by atoms with van der Waals surface area (Å²) < 4.78 is 3.15. The molecule has 0 aliphatic carbocycles. The van der Waals surface area contributed by atoms with E-state index in [-0.39, 0.29) is 17.6 Å². The van der Waals surface area contributed by atoms with E-state index in [0.717, 1.165) is 5.56 Å². The van der Waals surface area contributed by atoms with Crippen LogP contribution in [0.1, 0.15) is 34.7 Å². The van der Waals surface area contributed by atoms with Crippen LogP contribution in [0.5, 0.6) is 0 Å². The minimum absolute atomic E-state index is 0.0517. The summed E-state index contributed by atoms with van der Waals surface area (Å²) in [6, 6.07) is 18.6. The Kier molecular flexibility index (Phi) is 4.16. The molecule has 1 unspecified atom stereocenters. The first-order chi connectivity index (χ1) is 12.7. The van der Waals surface area contributed by atoms with Gasteiger partial charge in [-0.25, -0.2) is 9.48 Å². The predicted molar refractivity (Wildman–Crippen MR) is 97.9 cm³/mol. The van der Waals surface area contributed by atoms with E-state index >= 15 is 0 Å². The molecule has 26 heavy (non-hydrogen) atoms. The van der Waals surface area contributed by atoms with E-state index in [1.807, 2.05) is 72.5 Å². The summed E-state index contributed by atoms with van der Waals surface area (Å²) in [4.78, 5) is 27.5. The van der Waals surface area contributed by atoms with Crippen LogP contribution < -0.4 is 5.69 Å². The number of carbonyl (C=O) groups is 1. The lowest BCUT2D eigenvalue weighted by Gasteiger charge is -2.35. The van der Waals surface area contributed by atoms with E-state index < -0.39 is 0 Å². The van der Waals surface area contributed by atoms with E-state index in [1.165, 1.54) is 4.68 Å². The van der Waals surface area contributed by atoms with Crippen LogP contribution in [0.3, 0.4) is 0 Å². The van der Waals surface area contributed by atoms with Crippen molar-refractivity contribution in [2.45, 2.75) is 26.1 Å². The van der Waals surface area contributed by atoms with Gasteiger partial charge in [-0.2, -0.15) is 5.10 Å². The molecule has 1 aromatic heterocycles. The van der Waals surface area contributed by atoms with Gasteiger partial charge in [0.1, 0.15) is 6.04 Å². The number of amides is 1. The first kappa shape index (κ1) is 16.3. The van der Waals surface area contributed by atoms with Gasteiger partial charge in [-0.15, -0.1) is 0 Å². The van der Waals surface area contributed by atoms with Crippen LogP contribution in [0.25, 0.3) is 0 Å². The van der Waals surface area contributed by atoms with Crippen LogP contribution in [0, 0.1) is 0 Å². The summed E-state index contributed by atoms with van der Waals surface area (Å²) >= 11 is 0. The lowest BCUT2D eigenvalue weighted by molar-refractivity contribution is 0.0657. The van der Waals surface area contributed by atoms with Crippen LogP contribution in [0.15, 0.2) is 65.5 Å². The Hall–Kier alpha value is -3.15. The quantitative estimate of drug-likeness (QED) is 0.730. The Morgan fingerprint density at radius 1 is 1.04 bits per heavy atom. The number of hydrogen-bond donors (Lipinski definition) is 0. The number of hydrogen-bond acceptors (Lipinski definition) is 3. The average Bonchev–Trinajstić information content (AvgIpc) is 3.04. The van der Waals surface area contributed by atoms with E-state index in [2.05, 4.69) is 5.10 Å². The first-order valence-corrected chi connectivity index (χ1v) is 8.79. The van der Waals surface area contributed by atoms with E-state index in [0.29, 0.717) is 31.0 Å². The number of carbonyl (C=O) groups excluding carboxylic acids is 1. The Labute approximate surface area is 151 Å². The third-order valence-electron chi connectivity index (χ3n) is 4.77. The molecule has 6 heteroatoms. The Morgan fingerprint density at radius 2 is 1.69 bits per heavy atom. The molecule has 0 bridgehead atoms. The molecule has 0 spiro atoms. The maximum atomic E-state index is 13.2. The standard InChI is InChI=1S/C20H20N4O2/c1-2-24-20(26)23-14-13-22(19(25)16-11-7-4-8-12-16)17(18(23)21-24)15-9-5-3-6-10-15/h3-12,17H,2,13-14H2,1H3. The summed E-state index contributed by atoms with van der Waals surface area (Å²) in [5.74, 6) is 0.572. The van der Waals surface area contributed by atoms with Crippen LogP contribution in [0.4, 0.5) is 0 Å². The van der Waals surface area contributed by atoms with Gasteiger partial charge in [0, 0.05) is 25.2 Å². The molecule has 0 fully saturated rings. The first-order valence-electron chi connectivity index (χ1n) is 8.79. The zero-order valence-electron chi connectivity index (χ0n) is 14.6. The summed E-state index contributed by atoms with van der Waals surface area (Å²) in [7, 11) is 0. The third-order valence-corrected chi connectivity index (χ3v) is 4.77. The zero-order valence-corrected chi connectivity index (χ0v) is 14.6. The highest BCUT2D eigenvalue weighted by Crippen LogP contribution is 2.31. The summed E-state index contributed by atoms with van der Waals surface area (Å²) in [5.41, 5.74) is 1.47. The van der Waals surface area contributed by atoms with Crippen molar-refractivity contribution in [2.24, 2.45) is 0 Å². The normalized spacial score (nSPS) is 16.3. The van der Waals surface area contributed by atoms with Crippen molar-refractivity contribution in [3.05, 3.63) is 88.1 Å². The Balaban J connectivity index is 1.84. The Bertz CT molecular complexity index is 976. The van der Waals surface area contributed by atoms with Gasteiger partial charge in [-0.3, -0.25) is 9.36 Å². The van der Waals surface area contributed by atoms with Crippen molar-refractivity contribution in [3.8, 4) is 0 Å². The lowest BCUT2D eigenvalue weighted by Crippen LogP contribution is -2.44. The average molecular weight is 348 g/mol. The molecule has 3 aromatic rings. The Morgan fingerprint density at radius 3 is 2.35 bits per heavy atom. The molecule has 0 saturated carbocycles. The molecule has 0 N–H and O–H groups in total. The minimum atomic E-state index is -0.377. The number of benzene rings is 2. The lowest BCUT2D eigenvalue weighted by atomic mass is 10.0. The monoisotopic (exact) mass is 348 g/mol. The van der Waals surface area contributed by atoms with Crippen molar-refractivity contribution >= 4 is 5.91 Å². The van der Waals surface area contributed by atoms with E-state index in [9.17, 15) is 9.59 Å². The number of aromatic nitrogens is 3. The minimum Gasteiger partial charge on any atom is -0.322 e. The molecule has 1 amide bonds. The SMILES string of the molecule is CCn1nc2n(c1=O)CCN(C(=O)c1ccccc1)C2c1ccccc1. The smallest absolute Gasteiger partial charge is 0.322 e. The third kappa shape index (κ3) is 2.63. The molecule has 1 aliphatic rings. The summed E-state index contributed by atoms with van der Waals surface area (Å²) in [6.07, 6.45) is 0. The van der Waals surface area contributed by atoms with Gasteiger partial charge >= 0.3 is 5.69 Å². The fourth-order valence-corrected chi connectivity index (χ4v) is 3.48. The van der Waals surface area contributed by atoms with Crippen molar-refractivity contribution in [1.82, 2.24) is 19.2 Å². The fourth-order valence-electron chi connectivity index (χ4n) is 3.48. The van der Waals surface area contributed by atoms with Gasteiger partial charge in [0.05, 0.1) is 0 Å². The highest BCUT2D eigenvalue weighted by Gasteiger charge is 2.36. The second-order valence-electron chi connectivity index (χ2n) is 6.29. The van der Waals surface area contributed by atoms with Crippen LogP contribution in [-0.4, -0.2) is 31.7 Å². The molecule has 1 aliphatic heterocycles. The molecular weight excluding hydrogens is 328 g/mol. The van der Waals surface area contributed by atoms with Gasteiger partial charge in [0.15, 0.2) is 5.82 Å². The van der Waals surface area contributed by atoms with Gasteiger partial charge in [0.25, 0.3) is 5.91 Å². The molecule has 0 saturated heterocycles. The zero-order chi connectivity index (χ0) is 18.1. The molecule has 4 rings (SSSR count). The number of nitrogens with zero attached hydrogens (tertiary/aromatic N) is 4. The van der Waals surface area contributed by atoms with Gasteiger partial charge in [0.2, 0.25) is 0 Å². The number of aryl methyl sites for hydroxylation is 1. The van der Waals surface area contributed by atoms with Crippen molar-refractivity contribution < 1.29 is 4.79 Å². The molecule has 0 radical (unpaired) electrons. The van der Waals surface area contributed by atoms with E-state index in [4.69, 9.17) is 0 Å². The second kappa shape index (κ2) is 6.63. The molecule has 2 aromatic carbocycles. The van der Waals surface area contributed by atoms with Gasteiger partial charge in [-0.05, 0) is 24.6 Å². The topological polar surface area (TPSA) is 60.1 Å². The van der Waals surface area contributed by atoms with Crippen molar-refractivity contribution in [2.75, 3.05) is 6.54 Å². The molecule has 6 nitrogen and oxygen atoms in total. The summed E-state index contributed by atoms with van der Waals surface area (Å²) in [5, 5.41) is 4.53. The predicted octanol–water partition coefficient (Wildman–Crippen LogP) is 2.31. The maximum Gasteiger partial charge on any atom is 0.346 e. The highest BCUT2D eigenvalue weighted by molar-refractivity contribution is 5.94.